The first-order valence-corrected chi connectivity index (χ1v) is 8.99. The highest BCUT2D eigenvalue weighted by atomic mass is 15.4. The molecule has 0 saturated heterocycles. The van der Waals surface area contributed by atoms with Crippen molar-refractivity contribution in [2.24, 2.45) is 0 Å². The standard InChI is InChI=1S/C18H36N2/c1-4-6-8-10-12-14-19-16-17-20(18(19)3)15-13-11-9-7-5-2/h16-18H,4-15H2,1-3H3. The summed E-state index contributed by atoms with van der Waals surface area (Å²) in [5.41, 5.74) is 0. The summed E-state index contributed by atoms with van der Waals surface area (Å²) < 4.78 is 0. The normalized spacial score (nSPS) is 15.6. The molecule has 0 radical (unpaired) electrons. The van der Waals surface area contributed by atoms with Gasteiger partial charge in [-0.1, -0.05) is 65.2 Å². The Hall–Kier alpha value is -0.660. The van der Waals surface area contributed by atoms with Crippen LogP contribution in [0.1, 0.15) is 85.0 Å². The lowest BCUT2D eigenvalue weighted by Crippen LogP contribution is -2.36. The van der Waals surface area contributed by atoms with Crippen molar-refractivity contribution in [1.82, 2.24) is 9.80 Å². The molecule has 1 rings (SSSR count). The molecule has 1 heterocycles. The summed E-state index contributed by atoms with van der Waals surface area (Å²) in [6.45, 7) is 9.37. The van der Waals surface area contributed by atoms with E-state index in [1.54, 1.807) is 0 Å². The lowest BCUT2D eigenvalue weighted by molar-refractivity contribution is 0.165. The van der Waals surface area contributed by atoms with Crippen molar-refractivity contribution in [3.63, 3.8) is 0 Å². The predicted molar refractivity (Wildman–Crippen MR) is 89.5 cm³/mol. The van der Waals surface area contributed by atoms with Crippen LogP contribution in [0.4, 0.5) is 0 Å². The average molecular weight is 280 g/mol. The monoisotopic (exact) mass is 280 g/mol. The van der Waals surface area contributed by atoms with Gasteiger partial charge in [-0.3, -0.25) is 0 Å². The Bertz CT molecular complexity index is 226. The number of hydrogen-bond donors (Lipinski definition) is 0. The minimum Gasteiger partial charge on any atom is -0.356 e. The molecule has 0 aromatic heterocycles. The van der Waals surface area contributed by atoms with E-state index < -0.39 is 0 Å². The molecule has 0 spiro atoms. The van der Waals surface area contributed by atoms with Crippen LogP contribution in [0.25, 0.3) is 0 Å². The lowest BCUT2D eigenvalue weighted by atomic mass is 10.1. The minimum absolute atomic E-state index is 0.576. The maximum absolute atomic E-state index is 2.51. The number of nitrogens with zero attached hydrogens (tertiary/aromatic N) is 2. The summed E-state index contributed by atoms with van der Waals surface area (Å²) in [4.78, 5) is 5.02. The van der Waals surface area contributed by atoms with Gasteiger partial charge in [0, 0.05) is 25.5 Å². The topological polar surface area (TPSA) is 6.48 Å². The van der Waals surface area contributed by atoms with Gasteiger partial charge < -0.3 is 9.80 Å². The fraction of sp³-hybridized carbons (Fsp3) is 0.889. The van der Waals surface area contributed by atoms with Crippen LogP contribution < -0.4 is 0 Å². The van der Waals surface area contributed by atoms with E-state index in [1.807, 2.05) is 0 Å². The van der Waals surface area contributed by atoms with Gasteiger partial charge in [0.25, 0.3) is 0 Å². The summed E-state index contributed by atoms with van der Waals surface area (Å²) in [6, 6.07) is 0. The van der Waals surface area contributed by atoms with E-state index in [1.165, 1.54) is 77.3 Å². The van der Waals surface area contributed by atoms with Crippen molar-refractivity contribution in [1.29, 1.82) is 0 Å². The van der Waals surface area contributed by atoms with Gasteiger partial charge in [0.1, 0.15) is 0 Å². The molecule has 0 fully saturated rings. The number of rotatable bonds is 12. The van der Waals surface area contributed by atoms with E-state index in [9.17, 15) is 0 Å². The highest BCUT2D eigenvalue weighted by Crippen LogP contribution is 2.18. The highest BCUT2D eigenvalue weighted by molar-refractivity contribution is 4.95. The van der Waals surface area contributed by atoms with E-state index in [4.69, 9.17) is 0 Å². The number of hydrogen-bond acceptors (Lipinski definition) is 2. The van der Waals surface area contributed by atoms with Crippen molar-refractivity contribution in [2.45, 2.75) is 91.1 Å². The molecule has 0 aromatic rings. The molecule has 0 aliphatic carbocycles. The zero-order chi connectivity index (χ0) is 14.6. The Labute approximate surface area is 127 Å². The summed E-state index contributed by atoms with van der Waals surface area (Å²) in [7, 11) is 0. The quantitative estimate of drug-likeness (QED) is 0.444. The molecule has 0 saturated carbocycles. The van der Waals surface area contributed by atoms with Crippen LogP contribution in [-0.2, 0) is 0 Å². The molecule has 0 unspecified atom stereocenters. The Morgan fingerprint density at radius 3 is 1.45 bits per heavy atom. The third-order valence-corrected chi connectivity index (χ3v) is 4.45. The molecule has 0 aromatic carbocycles. The molecule has 20 heavy (non-hydrogen) atoms. The van der Waals surface area contributed by atoms with Gasteiger partial charge in [0.05, 0.1) is 6.17 Å². The Balaban J connectivity index is 2.07. The van der Waals surface area contributed by atoms with Gasteiger partial charge in [-0.15, -0.1) is 0 Å². The summed E-state index contributed by atoms with van der Waals surface area (Å²) >= 11 is 0. The Kier molecular flexibility index (Phi) is 9.61. The summed E-state index contributed by atoms with van der Waals surface area (Å²) in [6.07, 6.45) is 18.9. The molecule has 118 valence electrons. The van der Waals surface area contributed by atoms with E-state index >= 15 is 0 Å². The Morgan fingerprint density at radius 1 is 0.650 bits per heavy atom. The smallest absolute Gasteiger partial charge is 0.0977 e. The molecule has 1 aliphatic rings. The van der Waals surface area contributed by atoms with Crippen molar-refractivity contribution in [3.05, 3.63) is 12.4 Å². The minimum atomic E-state index is 0.576. The zero-order valence-corrected chi connectivity index (χ0v) is 14.1. The SMILES string of the molecule is CCCCCCCN1C=CN(CCCCCCC)C1C. The van der Waals surface area contributed by atoms with Gasteiger partial charge in [0.2, 0.25) is 0 Å². The molecule has 1 aliphatic heterocycles. The molecule has 0 amide bonds. The second-order valence-corrected chi connectivity index (χ2v) is 6.23. The second kappa shape index (κ2) is 11.0. The number of unbranched alkanes of at least 4 members (excludes halogenated alkanes) is 8. The van der Waals surface area contributed by atoms with Crippen LogP contribution in [0.2, 0.25) is 0 Å². The van der Waals surface area contributed by atoms with Crippen LogP contribution in [0, 0.1) is 0 Å². The van der Waals surface area contributed by atoms with Crippen molar-refractivity contribution in [3.8, 4) is 0 Å². The van der Waals surface area contributed by atoms with Gasteiger partial charge in [-0.2, -0.15) is 0 Å². The summed E-state index contributed by atoms with van der Waals surface area (Å²) in [5, 5.41) is 0. The van der Waals surface area contributed by atoms with Crippen LogP contribution in [0.3, 0.4) is 0 Å². The van der Waals surface area contributed by atoms with E-state index in [-0.39, 0.29) is 0 Å². The van der Waals surface area contributed by atoms with Crippen molar-refractivity contribution in [2.75, 3.05) is 13.1 Å². The first-order valence-electron chi connectivity index (χ1n) is 8.99. The van der Waals surface area contributed by atoms with Gasteiger partial charge in [-0.05, 0) is 19.8 Å². The van der Waals surface area contributed by atoms with Crippen molar-refractivity contribution < 1.29 is 0 Å². The highest BCUT2D eigenvalue weighted by Gasteiger charge is 2.20. The molecular weight excluding hydrogens is 244 g/mol. The largest absolute Gasteiger partial charge is 0.356 e. The first kappa shape index (κ1) is 17.4. The fourth-order valence-electron chi connectivity index (χ4n) is 2.93. The van der Waals surface area contributed by atoms with Gasteiger partial charge in [0.15, 0.2) is 0 Å². The van der Waals surface area contributed by atoms with Crippen molar-refractivity contribution >= 4 is 0 Å². The second-order valence-electron chi connectivity index (χ2n) is 6.23. The van der Waals surface area contributed by atoms with E-state index in [2.05, 4.69) is 43.0 Å². The Morgan fingerprint density at radius 2 is 1.05 bits per heavy atom. The van der Waals surface area contributed by atoms with Crippen LogP contribution in [-0.4, -0.2) is 29.1 Å². The first-order chi connectivity index (χ1) is 9.79. The predicted octanol–water partition coefficient (Wildman–Crippen LogP) is 5.36. The molecule has 2 heteroatoms. The average Bonchev–Trinajstić information content (AvgIpc) is 2.80. The van der Waals surface area contributed by atoms with Gasteiger partial charge in [-0.25, -0.2) is 0 Å². The fourth-order valence-corrected chi connectivity index (χ4v) is 2.93. The third-order valence-electron chi connectivity index (χ3n) is 4.45. The zero-order valence-electron chi connectivity index (χ0n) is 14.1. The lowest BCUT2D eigenvalue weighted by Gasteiger charge is -2.30. The maximum atomic E-state index is 2.51. The van der Waals surface area contributed by atoms with E-state index in [0.29, 0.717) is 6.17 Å². The van der Waals surface area contributed by atoms with Crippen LogP contribution in [0.5, 0.6) is 0 Å². The third kappa shape index (κ3) is 6.67. The molecule has 0 N–H and O–H groups in total. The molecule has 0 atom stereocenters. The summed E-state index contributed by atoms with van der Waals surface area (Å²) in [5.74, 6) is 0. The van der Waals surface area contributed by atoms with Crippen LogP contribution >= 0.6 is 0 Å². The van der Waals surface area contributed by atoms with E-state index in [0.717, 1.165) is 0 Å². The molecule has 0 bridgehead atoms. The maximum Gasteiger partial charge on any atom is 0.0977 e. The van der Waals surface area contributed by atoms with Gasteiger partial charge >= 0.3 is 0 Å². The molecular formula is C18H36N2. The van der Waals surface area contributed by atoms with Crippen LogP contribution in [0.15, 0.2) is 12.4 Å². The molecule has 2 nitrogen and oxygen atoms in total.